The van der Waals surface area contributed by atoms with Crippen LogP contribution in [-0.4, -0.2) is 38.0 Å². The van der Waals surface area contributed by atoms with E-state index in [0.717, 1.165) is 5.56 Å². The normalized spacial score (nSPS) is 21.9. The molecule has 1 fully saturated rings. The van der Waals surface area contributed by atoms with Gasteiger partial charge in [0.1, 0.15) is 5.70 Å². The van der Waals surface area contributed by atoms with E-state index in [4.69, 9.17) is 0 Å². The number of β-lactam (4-membered cyclic amide) rings is 1. The topological polar surface area (TPSA) is 70.5 Å². The fourth-order valence-corrected chi connectivity index (χ4v) is 3.47. The third kappa shape index (κ3) is 2.22. The lowest BCUT2D eigenvalue weighted by atomic mass is 10.1. The van der Waals surface area contributed by atoms with Gasteiger partial charge < -0.3 is 5.11 Å². The summed E-state index contributed by atoms with van der Waals surface area (Å²) in [5, 5.41) is 9.33. The number of aliphatic carboxylic acids is 1. The summed E-state index contributed by atoms with van der Waals surface area (Å²) in [5.41, 5.74) is 1.67. The monoisotopic (exact) mass is 288 g/mol. The number of carbonyl (C=O) groups excluding carboxylic acids is 1. The largest absolute Gasteiger partial charge is 0.477 e. The molecule has 0 radical (unpaired) electrons. The van der Waals surface area contributed by atoms with Gasteiger partial charge in [0.15, 0.2) is 0 Å². The fourth-order valence-electron chi connectivity index (χ4n) is 2.24. The third-order valence-corrected chi connectivity index (χ3v) is 4.49. The van der Waals surface area contributed by atoms with Crippen molar-refractivity contribution in [1.29, 1.82) is 0 Å². The van der Waals surface area contributed by atoms with E-state index in [1.165, 1.54) is 4.90 Å². The first-order valence-corrected chi connectivity index (χ1v) is 7.20. The van der Waals surface area contributed by atoms with Gasteiger partial charge in [-0.25, -0.2) is 4.79 Å². The number of amides is 1. The minimum atomic E-state index is -1.05. The van der Waals surface area contributed by atoms with Crippen LogP contribution < -0.4 is 0 Å². The first-order chi connectivity index (χ1) is 9.66. The Labute approximate surface area is 120 Å². The van der Waals surface area contributed by atoms with Crippen LogP contribution in [0.5, 0.6) is 0 Å². The van der Waals surface area contributed by atoms with Crippen LogP contribution in [0, 0.1) is 0 Å². The first kappa shape index (κ1) is 12.9. The van der Waals surface area contributed by atoms with Gasteiger partial charge in [-0.2, -0.15) is 0 Å². The van der Waals surface area contributed by atoms with E-state index in [1.807, 2.05) is 18.2 Å². The number of pyridine rings is 1. The second-order valence-electron chi connectivity index (χ2n) is 4.53. The number of fused-ring (bicyclic) bond motifs is 1. The Morgan fingerprint density at radius 3 is 3.00 bits per heavy atom. The maximum absolute atomic E-state index is 11.6. The maximum atomic E-state index is 11.6. The molecular formula is C14H12N2O3S. The van der Waals surface area contributed by atoms with Crippen molar-refractivity contribution >= 4 is 29.7 Å². The molecule has 6 heteroatoms. The molecule has 1 aromatic heterocycles. The molecule has 2 aliphatic heterocycles. The molecular weight excluding hydrogens is 276 g/mol. The maximum Gasteiger partial charge on any atom is 0.352 e. The van der Waals surface area contributed by atoms with E-state index >= 15 is 0 Å². The van der Waals surface area contributed by atoms with E-state index in [0.29, 0.717) is 17.7 Å². The van der Waals surface area contributed by atoms with E-state index in [-0.39, 0.29) is 17.0 Å². The molecule has 1 N–H and O–H groups in total. The van der Waals surface area contributed by atoms with Gasteiger partial charge in [0.25, 0.3) is 0 Å². The number of aromatic nitrogens is 1. The molecule has 1 atom stereocenters. The van der Waals surface area contributed by atoms with Gasteiger partial charge in [0, 0.05) is 18.1 Å². The van der Waals surface area contributed by atoms with Crippen LogP contribution in [-0.2, 0) is 9.59 Å². The molecule has 20 heavy (non-hydrogen) atoms. The highest BCUT2D eigenvalue weighted by atomic mass is 32.2. The van der Waals surface area contributed by atoms with Crippen LogP contribution in [0.15, 0.2) is 41.9 Å². The van der Waals surface area contributed by atoms with Crippen molar-refractivity contribution in [1.82, 2.24) is 9.88 Å². The quantitative estimate of drug-likeness (QED) is 0.858. The van der Waals surface area contributed by atoms with Gasteiger partial charge in [-0.05, 0) is 17.2 Å². The molecule has 102 valence electrons. The smallest absolute Gasteiger partial charge is 0.352 e. The van der Waals surface area contributed by atoms with Gasteiger partial charge in [0.05, 0.1) is 11.8 Å². The predicted octanol–water partition coefficient (Wildman–Crippen LogP) is 1.74. The number of rotatable bonds is 3. The molecule has 0 aliphatic carbocycles. The molecule has 0 saturated carbocycles. The number of allylic oxidation sites excluding steroid dienone is 1. The SMILES string of the molecule is O=C(O)C1=C(C=Cc2cccnc2)CS[C@H]2CC(=O)N12. The van der Waals surface area contributed by atoms with Crippen molar-refractivity contribution in [3.8, 4) is 0 Å². The van der Waals surface area contributed by atoms with Crippen LogP contribution >= 0.6 is 11.8 Å². The van der Waals surface area contributed by atoms with Crippen molar-refractivity contribution in [2.45, 2.75) is 11.8 Å². The highest BCUT2D eigenvalue weighted by Gasteiger charge is 2.44. The summed E-state index contributed by atoms with van der Waals surface area (Å²) in [4.78, 5) is 28.4. The number of nitrogens with zero attached hydrogens (tertiary/aromatic N) is 2. The summed E-state index contributed by atoms with van der Waals surface area (Å²) in [6, 6.07) is 3.70. The Hall–Kier alpha value is -2.08. The fraction of sp³-hybridized carbons (Fsp3) is 0.214. The van der Waals surface area contributed by atoms with E-state index in [1.54, 1.807) is 30.2 Å². The lowest BCUT2D eigenvalue weighted by molar-refractivity contribution is -0.146. The summed E-state index contributed by atoms with van der Waals surface area (Å²) in [6.45, 7) is 0. The zero-order chi connectivity index (χ0) is 14.1. The van der Waals surface area contributed by atoms with Crippen molar-refractivity contribution < 1.29 is 14.7 Å². The minimum Gasteiger partial charge on any atom is -0.477 e. The molecule has 0 unspecified atom stereocenters. The van der Waals surface area contributed by atoms with Crippen LogP contribution in [0.2, 0.25) is 0 Å². The van der Waals surface area contributed by atoms with E-state index in [2.05, 4.69) is 4.98 Å². The highest BCUT2D eigenvalue weighted by molar-refractivity contribution is 8.00. The third-order valence-electron chi connectivity index (χ3n) is 3.25. The standard InChI is InChI=1S/C14H12N2O3S/c17-11-6-12-16(11)13(14(18)19)10(8-20-12)4-3-9-2-1-5-15-7-9/h1-5,7,12H,6,8H2,(H,18,19)/t12-/m0/s1. The van der Waals surface area contributed by atoms with Crippen LogP contribution in [0.3, 0.4) is 0 Å². The van der Waals surface area contributed by atoms with Crippen LogP contribution in [0.1, 0.15) is 12.0 Å². The van der Waals surface area contributed by atoms with Crippen molar-refractivity contribution in [2.75, 3.05) is 5.75 Å². The Morgan fingerprint density at radius 2 is 2.35 bits per heavy atom. The van der Waals surface area contributed by atoms with Gasteiger partial charge in [-0.3, -0.25) is 14.7 Å². The summed E-state index contributed by atoms with van der Waals surface area (Å²) < 4.78 is 0. The van der Waals surface area contributed by atoms with E-state index in [9.17, 15) is 14.7 Å². The average Bonchev–Trinajstić information content (AvgIpc) is 2.45. The first-order valence-electron chi connectivity index (χ1n) is 6.15. The molecule has 1 saturated heterocycles. The number of carbonyl (C=O) groups is 2. The molecule has 0 bridgehead atoms. The van der Waals surface area contributed by atoms with Crippen molar-refractivity contribution in [2.24, 2.45) is 0 Å². The summed E-state index contributed by atoms with van der Waals surface area (Å²) in [5.74, 6) is -0.562. The highest BCUT2D eigenvalue weighted by Crippen LogP contribution is 2.40. The van der Waals surface area contributed by atoms with E-state index < -0.39 is 5.97 Å². The number of hydrogen-bond acceptors (Lipinski definition) is 4. The number of hydrogen-bond donors (Lipinski definition) is 1. The lowest BCUT2D eigenvalue weighted by Crippen LogP contribution is -2.53. The average molecular weight is 288 g/mol. The number of thioether (sulfide) groups is 1. The molecule has 1 amide bonds. The number of carboxylic acids is 1. The zero-order valence-corrected chi connectivity index (χ0v) is 11.3. The minimum absolute atomic E-state index is 0.0101. The lowest BCUT2D eigenvalue weighted by Gasteiger charge is -2.43. The number of carboxylic acid groups (broad SMARTS) is 1. The second-order valence-corrected chi connectivity index (χ2v) is 5.70. The molecule has 0 spiro atoms. The summed E-state index contributed by atoms with van der Waals surface area (Å²) in [6.07, 6.45) is 7.39. The van der Waals surface area contributed by atoms with Crippen LogP contribution in [0.25, 0.3) is 6.08 Å². The molecule has 3 heterocycles. The molecule has 0 aromatic carbocycles. The Morgan fingerprint density at radius 1 is 1.50 bits per heavy atom. The second kappa shape index (κ2) is 5.13. The molecule has 5 nitrogen and oxygen atoms in total. The molecule has 1 aromatic rings. The van der Waals surface area contributed by atoms with Gasteiger partial charge in [-0.1, -0.05) is 18.2 Å². The predicted molar refractivity (Wildman–Crippen MR) is 75.6 cm³/mol. The Bertz CT molecular complexity index is 625. The Balaban J connectivity index is 1.93. The van der Waals surface area contributed by atoms with Crippen molar-refractivity contribution in [3.63, 3.8) is 0 Å². The zero-order valence-electron chi connectivity index (χ0n) is 10.5. The summed E-state index contributed by atoms with van der Waals surface area (Å²) in [7, 11) is 0. The van der Waals surface area contributed by atoms with Gasteiger partial charge in [-0.15, -0.1) is 11.8 Å². The molecule has 3 rings (SSSR count). The van der Waals surface area contributed by atoms with Crippen molar-refractivity contribution in [3.05, 3.63) is 47.4 Å². The van der Waals surface area contributed by atoms with Crippen LogP contribution in [0.4, 0.5) is 0 Å². The Kier molecular flexibility index (Phi) is 3.31. The van der Waals surface area contributed by atoms with Gasteiger partial charge >= 0.3 is 5.97 Å². The van der Waals surface area contributed by atoms with Gasteiger partial charge in [0.2, 0.25) is 5.91 Å². The summed E-state index contributed by atoms with van der Waals surface area (Å²) >= 11 is 1.60. The molecule has 2 aliphatic rings.